The van der Waals surface area contributed by atoms with Crippen LogP contribution in [0.15, 0.2) is 42.5 Å². The molecular formula is C27H28O7. The fraction of sp³-hybridized carbons (Fsp3) is 0.259. The van der Waals surface area contributed by atoms with Gasteiger partial charge in [-0.2, -0.15) is 0 Å². The fourth-order valence-corrected chi connectivity index (χ4v) is 3.73. The molecule has 3 aromatic carbocycles. The molecule has 0 aliphatic rings. The van der Waals surface area contributed by atoms with Crippen LogP contribution in [0, 0.1) is 27.7 Å². The number of aryl methyl sites for hydroxylation is 2. The minimum atomic E-state index is -0.671. The van der Waals surface area contributed by atoms with Crippen LogP contribution in [-0.4, -0.2) is 31.3 Å². The molecule has 34 heavy (non-hydrogen) atoms. The number of phenolic OH excluding ortho intramolecular Hbond substituents is 1. The highest BCUT2D eigenvalue weighted by Crippen LogP contribution is 2.38. The third-order valence-corrected chi connectivity index (χ3v) is 5.62. The Labute approximate surface area is 198 Å². The maximum atomic E-state index is 13.2. The zero-order valence-corrected chi connectivity index (χ0v) is 20.1. The summed E-state index contributed by atoms with van der Waals surface area (Å²) in [5.41, 5.74) is 3.24. The van der Waals surface area contributed by atoms with Gasteiger partial charge in [-0.25, -0.2) is 9.59 Å². The molecule has 0 saturated carbocycles. The van der Waals surface area contributed by atoms with Crippen molar-refractivity contribution in [3.05, 3.63) is 81.4 Å². The Hall–Kier alpha value is -4.00. The molecule has 0 fully saturated rings. The zero-order valence-electron chi connectivity index (χ0n) is 20.1. The summed E-state index contributed by atoms with van der Waals surface area (Å²) in [7, 11) is 2.71. The highest BCUT2D eigenvalue weighted by atomic mass is 16.5. The second-order valence-electron chi connectivity index (χ2n) is 7.92. The maximum absolute atomic E-state index is 13.2. The number of esters is 2. The number of hydrogen-bond donors (Lipinski definition) is 1. The van der Waals surface area contributed by atoms with Gasteiger partial charge in [0.05, 0.1) is 14.2 Å². The van der Waals surface area contributed by atoms with Gasteiger partial charge in [0.2, 0.25) is 0 Å². The monoisotopic (exact) mass is 464 g/mol. The first-order valence-corrected chi connectivity index (χ1v) is 10.7. The van der Waals surface area contributed by atoms with Crippen molar-refractivity contribution < 1.29 is 33.6 Å². The van der Waals surface area contributed by atoms with Crippen LogP contribution in [0.1, 0.15) is 48.5 Å². The molecule has 0 unspecified atom stereocenters. The zero-order chi connectivity index (χ0) is 25.0. The van der Waals surface area contributed by atoms with Crippen molar-refractivity contribution in [1.29, 1.82) is 0 Å². The molecule has 0 saturated heterocycles. The number of ether oxygens (including phenoxy) is 4. The van der Waals surface area contributed by atoms with Crippen molar-refractivity contribution in [2.45, 2.75) is 34.3 Å². The SMILES string of the molecule is COC(=O)c1c(C)cc(OC(=O)c2c(C)cc(OCc3ccccc3)c(C)c2OC)c(C)c1O. The summed E-state index contributed by atoms with van der Waals surface area (Å²) in [6.45, 7) is 7.13. The van der Waals surface area contributed by atoms with Crippen LogP contribution < -0.4 is 14.2 Å². The molecule has 0 atom stereocenters. The van der Waals surface area contributed by atoms with E-state index in [1.54, 1.807) is 26.8 Å². The molecule has 0 aliphatic heterocycles. The third kappa shape index (κ3) is 4.83. The molecule has 1 N–H and O–H groups in total. The van der Waals surface area contributed by atoms with Gasteiger partial charge in [0.25, 0.3) is 0 Å². The molecule has 178 valence electrons. The number of methoxy groups -OCH3 is 2. The van der Waals surface area contributed by atoms with Gasteiger partial charge in [0.1, 0.15) is 40.7 Å². The van der Waals surface area contributed by atoms with Gasteiger partial charge in [-0.05, 0) is 56.5 Å². The van der Waals surface area contributed by atoms with Gasteiger partial charge in [-0.15, -0.1) is 0 Å². The van der Waals surface area contributed by atoms with E-state index < -0.39 is 11.9 Å². The average molecular weight is 465 g/mol. The molecule has 7 heteroatoms. The number of phenols is 1. The van der Waals surface area contributed by atoms with Gasteiger partial charge in [0.15, 0.2) is 0 Å². The molecule has 7 nitrogen and oxygen atoms in total. The van der Waals surface area contributed by atoms with E-state index in [1.807, 2.05) is 37.3 Å². The first kappa shape index (κ1) is 24.6. The average Bonchev–Trinajstić information content (AvgIpc) is 2.82. The molecule has 3 rings (SSSR count). The van der Waals surface area contributed by atoms with Crippen LogP contribution in [0.3, 0.4) is 0 Å². The van der Waals surface area contributed by atoms with Crippen molar-refractivity contribution >= 4 is 11.9 Å². The molecule has 0 aliphatic carbocycles. The van der Waals surface area contributed by atoms with E-state index in [9.17, 15) is 14.7 Å². The van der Waals surface area contributed by atoms with Crippen LogP contribution in [0.2, 0.25) is 0 Å². The Bertz CT molecular complexity index is 1230. The fourth-order valence-electron chi connectivity index (χ4n) is 3.73. The van der Waals surface area contributed by atoms with Crippen molar-refractivity contribution in [2.75, 3.05) is 14.2 Å². The number of hydrogen-bond acceptors (Lipinski definition) is 7. The maximum Gasteiger partial charge on any atom is 0.347 e. The van der Waals surface area contributed by atoms with Crippen molar-refractivity contribution in [3.8, 4) is 23.0 Å². The Kier molecular flexibility index (Phi) is 7.46. The van der Waals surface area contributed by atoms with Crippen molar-refractivity contribution in [3.63, 3.8) is 0 Å². The number of rotatable bonds is 7. The smallest absolute Gasteiger partial charge is 0.347 e. The second-order valence-corrected chi connectivity index (χ2v) is 7.92. The third-order valence-electron chi connectivity index (χ3n) is 5.62. The first-order valence-electron chi connectivity index (χ1n) is 10.7. The van der Waals surface area contributed by atoms with E-state index in [0.29, 0.717) is 34.8 Å². The summed E-state index contributed by atoms with van der Waals surface area (Å²) in [5, 5.41) is 10.5. The summed E-state index contributed by atoms with van der Waals surface area (Å²) in [6.07, 6.45) is 0. The lowest BCUT2D eigenvalue weighted by atomic mass is 10.0. The predicted octanol–water partition coefficient (Wildman–Crippen LogP) is 5.22. The number of benzene rings is 3. The summed E-state index contributed by atoms with van der Waals surface area (Å²) < 4.78 is 21.9. The first-order chi connectivity index (χ1) is 16.2. The van der Waals surface area contributed by atoms with Crippen LogP contribution in [0.5, 0.6) is 23.0 Å². The number of carbonyl (C=O) groups excluding carboxylic acids is 2. The van der Waals surface area contributed by atoms with Crippen LogP contribution >= 0.6 is 0 Å². The molecule has 3 aromatic rings. The Morgan fingerprint density at radius 1 is 0.824 bits per heavy atom. The van der Waals surface area contributed by atoms with Gasteiger partial charge in [0, 0.05) is 11.1 Å². The van der Waals surface area contributed by atoms with E-state index >= 15 is 0 Å². The van der Waals surface area contributed by atoms with Crippen LogP contribution in [0.25, 0.3) is 0 Å². The van der Waals surface area contributed by atoms with Crippen molar-refractivity contribution in [2.24, 2.45) is 0 Å². The van der Waals surface area contributed by atoms with E-state index in [1.165, 1.54) is 20.3 Å². The highest BCUT2D eigenvalue weighted by molar-refractivity contribution is 5.98. The molecule has 0 spiro atoms. The lowest BCUT2D eigenvalue weighted by Gasteiger charge is -2.19. The summed E-state index contributed by atoms with van der Waals surface area (Å²) in [5.74, 6) is -0.537. The van der Waals surface area contributed by atoms with Gasteiger partial charge in [-0.1, -0.05) is 30.3 Å². The topological polar surface area (TPSA) is 91.3 Å². The quantitative estimate of drug-likeness (QED) is 0.379. The largest absolute Gasteiger partial charge is 0.507 e. The minimum absolute atomic E-state index is 0.0318. The molecular weight excluding hydrogens is 436 g/mol. The van der Waals surface area contributed by atoms with Crippen molar-refractivity contribution in [1.82, 2.24) is 0 Å². The predicted molar refractivity (Wildman–Crippen MR) is 127 cm³/mol. The second kappa shape index (κ2) is 10.3. The van der Waals surface area contributed by atoms with Gasteiger partial charge < -0.3 is 24.1 Å². The van der Waals surface area contributed by atoms with Gasteiger partial charge in [-0.3, -0.25) is 0 Å². The van der Waals surface area contributed by atoms with E-state index in [0.717, 1.165) is 5.56 Å². The Balaban J connectivity index is 1.93. The van der Waals surface area contributed by atoms with Crippen LogP contribution in [-0.2, 0) is 11.3 Å². The van der Waals surface area contributed by atoms with Gasteiger partial charge >= 0.3 is 11.9 Å². The van der Waals surface area contributed by atoms with E-state index in [4.69, 9.17) is 18.9 Å². The standard InChI is InChI=1S/C27H28O7/c1-15-13-21(17(3)24(28)22(15)26(29)32-6)34-27(30)23-16(2)12-20(18(4)25(23)31-5)33-14-19-10-8-7-9-11-19/h7-13,28H,14H2,1-6H3. The lowest BCUT2D eigenvalue weighted by molar-refractivity contribution is 0.0596. The molecule has 0 amide bonds. The minimum Gasteiger partial charge on any atom is -0.507 e. The molecule has 0 heterocycles. The van der Waals surface area contributed by atoms with Crippen LogP contribution in [0.4, 0.5) is 0 Å². The highest BCUT2D eigenvalue weighted by Gasteiger charge is 2.26. The molecule has 0 radical (unpaired) electrons. The van der Waals surface area contributed by atoms with E-state index in [-0.39, 0.29) is 28.2 Å². The summed E-state index contributed by atoms with van der Waals surface area (Å²) >= 11 is 0. The summed E-state index contributed by atoms with van der Waals surface area (Å²) in [6, 6.07) is 13.0. The Morgan fingerprint density at radius 2 is 1.44 bits per heavy atom. The number of carbonyl (C=O) groups is 2. The number of aromatic hydroxyl groups is 1. The van der Waals surface area contributed by atoms with E-state index in [2.05, 4.69) is 0 Å². The molecule has 0 bridgehead atoms. The molecule has 0 aromatic heterocycles. The lowest BCUT2D eigenvalue weighted by Crippen LogP contribution is -2.15. The normalized spacial score (nSPS) is 10.5. The Morgan fingerprint density at radius 3 is 2.06 bits per heavy atom. The summed E-state index contributed by atoms with van der Waals surface area (Å²) in [4.78, 5) is 25.2.